The van der Waals surface area contributed by atoms with Crippen LogP contribution in [-0.4, -0.2) is 70.6 Å². The van der Waals surface area contributed by atoms with Crippen molar-refractivity contribution >= 4 is 5.91 Å². The molecule has 0 saturated carbocycles. The van der Waals surface area contributed by atoms with Crippen molar-refractivity contribution in [2.24, 2.45) is 5.92 Å². The van der Waals surface area contributed by atoms with Crippen LogP contribution in [0.25, 0.3) is 22.8 Å². The van der Waals surface area contributed by atoms with E-state index in [-0.39, 0.29) is 13.2 Å². The Morgan fingerprint density at radius 2 is 1.87 bits per heavy atom. The number of hydrogen-bond acceptors (Lipinski definition) is 8. The zero-order chi connectivity index (χ0) is 27.8. The molecule has 0 unspecified atom stereocenters. The van der Waals surface area contributed by atoms with Crippen LogP contribution in [-0.2, 0) is 17.8 Å². The molecule has 9 nitrogen and oxygen atoms in total. The second kappa shape index (κ2) is 13.5. The average molecular weight is 525 g/mol. The van der Waals surface area contributed by atoms with Crippen LogP contribution in [0.5, 0.6) is 5.75 Å². The van der Waals surface area contributed by atoms with E-state index < -0.39 is 18.6 Å². The van der Waals surface area contributed by atoms with Crippen LogP contribution in [0.4, 0.5) is 0 Å². The van der Waals surface area contributed by atoms with Gasteiger partial charge in [0.1, 0.15) is 25.1 Å². The molecule has 9 heteroatoms. The molecule has 0 saturated heterocycles. The van der Waals surface area contributed by atoms with Crippen molar-refractivity contribution in [2.45, 2.75) is 53.7 Å². The summed E-state index contributed by atoms with van der Waals surface area (Å²) in [7, 11) is 2.13. The summed E-state index contributed by atoms with van der Waals surface area (Å²) >= 11 is 0. The third-order valence-corrected chi connectivity index (χ3v) is 6.23. The number of aliphatic hydroxyl groups excluding tert-OH is 2. The van der Waals surface area contributed by atoms with Crippen molar-refractivity contribution in [1.29, 1.82) is 0 Å². The predicted molar refractivity (Wildman–Crippen MR) is 147 cm³/mol. The molecular weight excluding hydrogens is 484 g/mol. The van der Waals surface area contributed by atoms with Crippen LogP contribution in [0.1, 0.15) is 43.0 Å². The fourth-order valence-electron chi connectivity index (χ4n) is 4.38. The van der Waals surface area contributed by atoms with Crippen LogP contribution in [0.15, 0.2) is 34.9 Å². The van der Waals surface area contributed by atoms with Gasteiger partial charge in [0.05, 0.1) is 0 Å². The van der Waals surface area contributed by atoms with Crippen LogP contribution in [0, 0.1) is 19.8 Å². The zero-order valence-corrected chi connectivity index (χ0v) is 23.2. The molecule has 3 N–H and O–H groups in total. The highest BCUT2D eigenvalue weighted by Gasteiger charge is 2.17. The van der Waals surface area contributed by atoms with Crippen molar-refractivity contribution < 1.29 is 24.3 Å². The van der Waals surface area contributed by atoms with Gasteiger partial charge >= 0.3 is 0 Å². The third-order valence-electron chi connectivity index (χ3n) is 6.23. The Balaban J connectivity index is 1.77. The number of aliphatic hydroxyl groups is 2. The largest absolute Gasteiger partial charge is 0.490 e. The number of ether oxygens (including phenoxy) is 1. The van der Waals surface area contributed by atoms with E-state index in [2.05, 4.69) is 60.3 Å². The number of carbonyl (C=O) groups is 1. The van der Waals surface area contributed by atoms with Gasteiger partial charge in [-0.15, -0.1) is 0 Å². The highest BCUT2D eigenvalue weighted by atomic mass is 16.5. The summed E-state index contributed by atoms with van der Waals surface area (Å²) in [5.41, 5.74) is 5.99. The molecule has 1 atom stereocenters. The number of amides is 1. The molecule has 0 radical (unpaired) electrons. The first kappa shape index (κ1) is 29.3. The van der Waals surface area contributed by atoms with Gasteiger partial charge in [0.25, 0.3) is 5.89 Å². The van der Waals surface area contributed by atoms with Gasteiger partial charge in [-0.25, -0.2) is 0 Å². The quantitative estimate of drug-likeness (QED) is 0.311. The van der Waals surface area contributed by atoms with Gasteiger partial charge in [0.15, 0.2) is 0 Å². The summed E-state index contributed by atoms with van der Waals surface area (Å²) in [6.07, 6.45) is -0.198. The summed E-state index contributed by atoms with van der Waals surface area (Å²) in [5.74, 6) is 1.70. The second-order valence-corrected chi connectivity index (χ2v) is 10.2. The average Bonchev–Trinajstić information content (AvgIpc) is 3.37. The Morgan fingerprint density at radius 3 is 2.55 bits per heavy atom. The maximum Gasteiger partial charge on any atom is 0.258 e. The predicted octanol–water partition coefficient (Wildman–Crippen LogP) is 3.52. The first-order chi connectivity index (χ1) is 18.1. The summed E-state index contributed by atoms with van der Waals surface area (Å²) in [5, 5.41) is 25.6. The van der Waals surface area contributed by atoms with E-state index in [0.29, 0.717) is 29.8 Å². The molecule has 0 bridgehead atoms. The number of benzene rings is 2. The third kappa shape index (κ3) is 7.86. The maximum absolute atomic E-state index is 11.2. The number of aryl methyl sites for hydroxylation is 3. The lowest BCUT2D eigenvalue weighted by molar-refractivity contribution is -0.124. The summed E-state index contributed by atoms with van der Waals surface area (Å²) in [6, 6.07) is 10.1. The van der Waals surface area contributed by atoms with Gasteiger partial charge in [-0.3, -0.25) is 4.79 Å². The highest BCUT2D eigenvalue weighted by Crippen LogP contribution is 2.31. The van der Waals surface area contributed by atoms with Gasteiger partial charge in [-0.2, -0.15) is 4.98 Å². The molecule has 0 aliphatic heterocycles. The van der Waals surface area contributed by atoms with Gasteiger partial charge in [0.2, 0.25) is 11.7 Å². The first-order valence-corrected chi connectivity index (χ1v) is 13.1. The molecule has 38 heavy (non-hydrogen) atoms. The van der Waals surface area contributed by atoms with Crippen LogP contribution >= 0.6 is 0 Å². The number of rotatable bonds is 13. The Bertz CT molecular complexity index is 1220. The zero-order valence-electron chi connectivity index (χ0n) is 23.2. The highest BCUT2D eigenvalue weighted by molar-refractivity contribution is 5.76. The molecule has 3 aromatic rings. The Morgan fingerprint density at radius 1 is 1.13 bits per heavy atom. The van der Waals surface area contributed by atoms with Crippen molar-refractivity contribution in [3.05, 3.63) is 52.6 Å². The fourth-order valence-corrected chi connectivity index (χ4v) is 4.38. The van der Waals surface area contributed by atoms with E-state index in [4.69, 9.17) is 14.4 Å². The molecule has 1 amide bonds. The Labute approximate surface area is 224 Å². The van der Waals surface area contributed by atoms with E-state index in [1.165, 1.54) is 11.1 Å². The molecular formula is C29H40N4O5. The second-order valence-electron chi connectivity index (χ2n) is 10.2. The fraction of sp³-hybridized carbons (Fsp3) is 0.483. The normalized spacial score (nSPS) is 12.3. The van der Waals surface area contributed by atoms with E-state index >= 15 is 0 Å². The number of nitrogens with one attached hydrogen (secondary N) is 1. The molecule has 206 valence electrons. The first-order valence-electron chi connectivity index (χ1n) is 13.1. The lowest BCUT2D eigenvalue weighted by Gasteiger charge is -2.20. The molecule has 0 spiro atoms. The van der Waals surface area contributed by atoms with E-state index in [1.807, 2.05) is 32.0 Å². The van der Waals surface area contributed by atoms with E-state index in [0.717, 1.165) is 35.3 Å². The number of hydrogen-bond donors (Lipinski definition) is 3. The summed E-state index contributed by atoms with van der Waals surface area (Å²) in [6.45, 7) is 11.8. The van der Waals surface area contributed by atoms with Gasteiger partial charge < -0.3 is 29.7 Å². The Kier molecular flexibility index (Phi) is 10.4. The molecule has 0 fully saturated rings. The van der Waals surface area contributed by atoms with Crippen molar-refractivity contribution in [1.82, 2.24) is 20.4 Å². The van der Waals surface area contributed by atoms with Gasteiger partial charge in [0, 0.05) is 30.8 Å². The monoisotopic (exact) mass is 524 g/mol. The minimum Gasteiger partial charge on any atom is -0.490 e. The van der Waals surface area contributed by atoms with E-state index in [9.17, 15) is 9.90 Å². The Hall–Kier alpha value is -3.27. The molecule has 1 heterocycles. The standard InChI is InChI=1S/C29H40N4O5/c1-7-21-11-23(10-20(5)27(21)37-17-25(35)13-30-26(36)16-34)28-31-29(38-32-28)22-9-8-19(4)24(12-22)15-33(6)14-18(2)3/h8-12,18,25,34-35H,7,13-17H2,1-6H3,(H,30,36)/t25-/m0/s1. The van der Waals surface area contributed by atoms with Crippen LogP contribution < -0.4 is 10.1 Å². The lowest BCUT2D eigenvalue weighted by atomic mass is 10.0. The lowest BCUT2D eigenvalue weighted by Crippen LogP contribution is -2.36. The molecule has 1 aromatic heterocycles. The number of nitrogens with zero attached hydrogens (tertiary/aromatic N) is 3. The topological polar surface area (TPSA) is 121 Å². The SMILES string of the molecule is CCc1cc(-c2noc(-c3ccc(C)c(CN(C)CC(C)C)c3)n2)cc(C)c1OC[C@@H](O)CNC(=O)CO. The van der Waals surface area contributed by atoms with Crippen molar-refractivity contribution in [3.8, 4) is 28.6 Å². The summed E-state index contributed by atoms with van der Waals surface area (Å²) in [4.78, 5) is 18.2. The number of carbonyl (C=O) groups excluding carboxylic acids is 1. The van der Waals surface area contributed by atoms with Crippen LogP contribution in [0.2, 0.25) is 0 Å². The van der Waals surface area contributed by atoms with Gasteiger partial charge in [-0.05, 0) is 79.8 Å². The molecule has 0 aliphatic rings. The minimum atomic E-state index is -0.904. The van der Waals surface area contributed by atoms with Crippen molar-refractivity contribution in [2.75, 3.05) is 33.4 Å². The van der Waals surface area contributed by atoms with Gasteiger partial charge in [-0.1, -0.05) is 32.0 Å². The van der Waals surface area contributed by atoms with E-state index in [1.54, 1.807) is 0 Å². The van der Waals surface area contributed by atoms with Crippen LogP contribution in [0.3, 0.4) is 0 Å². The molecule has 2 aromatic carbocycles. The summed E-state index contributed by atoms with van der Waals surface area (Å²) < 4.78 is 11.6. The molecule has 0 aliphatic carbocycles. The number of aromatic nitrogens is 2. The maximum atomic E-state index is 11.2. The molecule has 3 rings (SSSR count). The minimum absolute atomic E-state index is 0.00163. The van der Waals surface area contributed by atoms with Crippen molar-refractivity contribution in [3.63, 3.8) is 0 Å². The smallest absolute Gasteiger partial charge is 0.258 e.